The summed E-state index contributed by atoms with van der Waals surface area (Å²) in [5.41, 5.74) is -0.930. The summed E-state index contributed by atoms with van der Waals surface area (Å²) in [6.45, 7) is -3.42. The molecular weight excluding hydrogens is 392 g/mol. The van der Waals surface area contributed by atoms with E-state index < -0.39 is 34.9 Å². The number of anilines is 1. The van der Waals surface area contributed by atoms with Crippen molar-refractivity contribution in [3.63, 3.8) is 0 Å². The number of rotatable bonds is 7. The molecule has 0 aliphatic carbocycles. The van der Waals surface area contributed by atoms with Crippen LogP contribution in [0.2, 0.25) is 0 Å². The minimum absolute atomic E-state index is 0.00389. The Balaban J connectivity index is 1.69. The van der Waals surface area contributed by atoms with Gasteiger partial charge in [0.2, 0.25) is 5.91 Å². The molecule has 0 saturated heterocycles. The molecule has 11 heteroatoms. The van der Waals surface area contributed by atoms with Gasteiger partial charge in [-0.05, 0) is 18.2 Å². The van der Waals surface area contributed by atoms with Crippen molar-refractivity contribution in [1.82, 2.24) is 4.90 Å². The number of alkyl halides is 2. The summed E-state index contributed by atoms with van der Waals surface area (Å²) in [6.07, 6.45) is -0.345. The first-order valence-electron chi connectivity index (χ1n) is 8.27. The zero-order valence-electron chi connectivity index (χ0n) is 14.6. The summed E-state index contributed by atoms with van der Waals surface area (Å²) in [4.78, 5) is 48.0. The molecule has 0 bridgehead atoms. The van der Waals surface area contributed by atoms with Gasteiger partial charge in [-0.2, -0.15) is 8.78 Å². The van der Waals surface area contributed by atoms with Crippen molar-refractivity contribution in [2.45, 2.75) is 13.0 Å². The molecule has 0 aromatic heterocycles. The number of carbonyl (C=O) groups excluding carboxylic acids is 3. The maximum absolute atomic E-state index is 12.4. The van der Waals surface area contributed by atoms with Crippen LogP contribution in [0, 0.1) is 10.1 Å². The van der Waals surface area contributed by atoms with Gasteiger partial charge < -0.3 is 10.1 Å². The zero-order valence-corrected chi connectivity index (χ0v) is 14.6. The maximum atomic E-state index is 12.4. The molecule has 3 amide bonds. The fourth-order valence-corrected chi connectivity index (χ4v) is 2.87. The minimum atomic E-state index is -3.08. The van der Waals surface area contributed by atoms with E-state index in [0.29, 0.717) is 0 Å². The summed E-state index contributed by atoms with van der Waals surface area (Å²) < 4.78 is 29.2. The number of hydrogen-bond acceptors (Lipinski definition) is 6. The van der Waals surface area contributed by atoms with E-state index >= 15 is 0 Å². The van der Waals surface area contributed by atoms with Crippen LogP contribution in [0.4, 0.5) is 20.2 Å². The topological polar surface area (TPSA) is 119 Å². The lowest BCUT2D eigenvalue weighted by molar-refractivity contribution is -0.385. The molecule has 29 heavy (non-hydrogen) atoms. The Morgan fingerprint density at radius 1 is 1.14 bits per heavy atom. The second kappa shape index (κ2) is 8.00. The van der Waals surface area contributed by atoms with Gasteiger partial charge in [-0.15, -0.1) is 0 Å². The molecule has 2 aromatic carbocycles. The highest BCUT2D eigenvalue weighted by Gasteiger charge is 2.40. The highest BCUT2D eigenvalue weighted by atomic mass is 19.3. The number of hydrogen-bond donors (Lipinski definition) is 1. The van der Waals surface area contributed by atoms with Gasteiger partial charge in [-0.25, -0.2) is 0 Å². The van der Waals surface area contributed by atoms with E-state index in [-0.39, 0.29) is 35.5 Å². The monoisotopic (exact) mass is 405 g/mol. The van der Waals surface area contributed by atoms with E-state index in [1.165, 1.54) is 36.4 Å². The maximum Gasteiger partial charge on any atom is 0.387 e. The van der Waals surface area contributed by atoms with Gasteiger partial charge in [0, 0.05) is 19.0 Å². The standard InChI is InChI=1S/C18H13F2N3O6/c19-18(20)29-13-7-2-1-5-11(13)21-14(24)8-9-22-16(25)10-4-3-6-12(23(27)28)15(10)17(22)26/h1-7,18H,8-9H2,(H,21,24). The first-order chi connectivity index (χ1) is 13.8. The molecule has 0 radical (unpaired) electrons. The van der Waals surface area contributed by atoms with E-state index in [2.05, 4.69) is 10.1 Å². The van der Waals surface area contributed by atoms with E-state index in [0.717, 1.165) is 11.0 Å². The smallest absolute Gasteiger partial charge is 0.387 e. The first-order valence-corrected chi connectivity index (χ1v) is 8.27. The molecule has 0 unspecified atom stereocenters. The Hall–Kier alpha value is -3.89. The molecule has 1 heterocycles. The number of imide groups is 1. The first kappa shape index (κ1) is 19.9. The van der Waals surface area contributed by atoms with Gasteiger partial charge in [0.15, 0.2) is 0 Å². The van der Waals surface area contributed by atoms with Crippen molar-refractivity contribution in [1.29, 1.82) is 0 Å². The van der Waals surface area contributed by atoms with Crippen LogP contribution in [0.15, 0.2) is 42.5 Å². The Morgan fingerprint density at radius 2 is 1.86 bits per heavy atom. The number of para-hydroxylation sites is 2. The van der Waals surface area contributed by atoms with Crippen molar-refractivity contribution in [3.8, 4) is 5.75 Å². The molecule has 1 N–H and O–H groups in total. The summed E-state index contributed by atoms with van der Waals surface area (Å²) in [5.74, 6) is -2.52. The van der Waals surface area contributed by atoms with E-state index in [1.807, 2.05) is 0 Å². The number of fused-ring (bicyclic) bond motifs is 1. The summed E-state index contributed by atoms with van der Waals surface area (Å²) in [5, 5.41) is 13.5. The molecular formula is C18H13F2N3O6. The molecule has 150 valence electrons. The van der Waals surface area contributed by atoms with Crippen molar-refractivity contribution in [2.24, 2.45) is 0 Å². The van der Waals surface area contributed by atoms with Gasteiger partial charge in [-0.1, -0.05) is 18.2 Å². The molecule has 1 aliphatic heterocycles. The van der Waals surface area contributed by atoms with Crippen LogP contribution in [0.1, 0.15) is 27.1 Å². The SMILES string of the molecule is O=C(CCN1C(=O)c2cccc([N+](=O)[O-])c2C1=O)Nc1ccccc1OC(F)F. The molecule has 1 aliphatic rings. The number of benzene rings is 2. The van der Waals surface area contributed by atoms with Crippen LogP contribution < -0.4 is 10.1 Å². The molecule has 0 saturated carbocycles. The predicted molar refractivity (Wildman–Crippen MR) is 94.8 cm³/mol. The summed E-state index contributed by atoms with van der Waals surface area (Å²) >= 11 is 0. The van der Waals surface area contributed by atoms with Crippen LogP contribution >= 0.6 is 0 Å². The van der Waals surface area contributed by atoms with Crippen LogP contribution in [-0.2, 0) is 4.79 Å². The quantitative estimate of drug-likeness (QED) is 0.430. The van der Waals surface area contributed by atoms with Crippen molar-refractivity contribution in [2.75, 3.05) is 11.9 Å². The lowest BCUT2D eigenvalue weighted by Crippen LogP contribution is -2.33. The average molecular weight is 405 g/mol. The van der Waals surface area contributed by atoms with Crippen molar-refractivity contribution < 1.29 is 32.8 Å². The summed E-state index contributed by atoms with van der Waals surface area (Å²) in [6, 6.07) is 9.22. The van der Waals surface area contributed by atoms with Crippen LogP contribution in [0.5, 0.6) is 5.75 Å². The number of nitrogens with zero attached hydrogens (tertiary/aromatic N) is 2. The number of carbonyl (C=O) groups is 3. The van der Waals surface area contributed by atoms with E-state index in [1.54, 1.807) is 0 Å². The van der Waals surface area contributed by atoms with Gasteiger partial charge >= 0.3 is 6.61 Å². The number of halogens is 2. The third-order valence-corrected chi connectivity index (χ3v) is 4.11. The van der Waals surface area contributed by atoms with E-state index in [4.69, 9.17) is 0 Å². The molecule has 0 fully saturated rings. The third-order valence-electron chi connectivity index (χ3n) is 4.11. The molecule has 0 spiro atoms. The summed E-state index contributed by atoms with van der Waals surface area (Å²) in [7, 11) is 0. The fourth-order valence-electron chi connectivity index (χ4n) is 2.87. The van der Waals surface area contributed by atoms with Gasteiger partial charge in [0.05, 0.1) is 16.2 Å². The van der Waals surface area contributed by atoms with Crippen molar-refractivity contribution in [3.05, 3.63) is 63.7 Å². The largest absolute Gasteiger partial charge is 0.433 e. The second-order valence-corrected chi connectivity index (χ2v) is 5.89. The Bertz CT molecular complexity index is 1010. The zero-order chi connectivity index (χ0) is 21.1. The van der Waals surface area contributed by atoms with Crippen LogP contribution in [-0.4, -0.2) is 40.7 Å². The Kier molecular flexibility index (Phi) is 5.48. The highest BCUT2D eigenvalue weighted by molar-refractivity contribution is 6.23. The van der Waals surface area contributed by atoms with E-state index in [9.17, 15) is 33.3 Å². The minimum Gasteiger partial charge on any atom is -0.433 e. The third kappa shape index (κ3) is 4.03. The normalized spacial score (nSPS) is 12.9. The number of ether oxygens (including phenoxy) is 1. The molecule has 0 atom stereocenters. The Morgan fingerprint density at radius 3 is 2.55 bits per heavy atom. The van der Waals surface area contributed by atoms with Gasteiger partial charge in [0.1, 0.15) is 11.3 Å². The fraction of sp³-hybridized carbons (Fsp3) is 0.167. The van der Waals surface area contributed by atoms with Gasteiger partial charge in [0.25, 0.3) is 17.5 Å². The molecule has 9 nitrogen and oxygen atoms in total. The number of nitrogens with one attached hydrogen (secondary N) is 1. The highest BCUT2D eigenvalue weighted by Crippen LogP contribution is 2.31. The van der Waals surface area contributed by atoms with Crippen molar-refractivity contribution >= 4 is 29.1 Å². The Labute approximate surface area is 162 Å². The average Bonchev–Trinajstić information content (AvgIpc) is 2.91. The van der Waals surface area contributed by atoms with Crippen LogP contribution in [0.25, 0.3) is 0 Å². The van der Waals surface area contributed by atoms with Crippen LogP contribution in [0.3, 0.4) is 0 Å². The second-order valence-electron chi connectivity index (χ2n) is 5.89. The number of amides is 3. The predicted octanol–water partition coefficient (Wildman–Crippen LogP) is 2.82. The van der Waals surface area contributed by atoms with Gasteiger partial charge in [-0.3, -0.25) is 29.4 Å². The number of nitro groups is 1. The molecule has 2 aromatic rings. The lowest BCUT2D eigenvalue weighted by Gasteiger charge is -2.14. The number of nitro benzene ring substituents is 1. The lowest BCUT2D eigenvalue weighted by atomic mass is 10.1. The molecule has 3 rings (SSSR count).